The Morgan fingerprint density at radius 1 is 1.02 bits per heavy atom. The first kappa shape index (κ1) is 31.4. The van der Waals surface area contributed by atoms with E-state index >= 15 is 0 Å². The zero-order valence-corrected chi connectivity index (χ0v) is 25.7. The summed E-state index contributed by atoms with van der Waals surface area (Å²) in [6.45, 7) is 11.4. The van der Waals surface area contributed by atoms with Gasteiger partial charge in [-0.05, 0) is 47.5 Å². The number of rotatable bonds is 10. The topological polar surface area (TPSA) is 83.6 Å². The molecular formula is C28H37F3N4O3SSi. The van der Waals surface area contributed by atoms with Gasteiger partial charge in [-0.25, -0.2) is 13.4 Å². The van der Waals surface area contributed by atoms with E-state index in [9.17, 15) is 21.6 Å². The number of para-hydroxylation sites is 1. The molecule has 0 bridgehead atoms. The van der Waals surface area contributed by atoms with Crippen LogP contribution in [0.3, 0.4) is 0 Å². The number of aromatic nitrogens is 1. The summed E-state index contributed by atoms with van der Waals surface area (Å²) in [7, 11) is -4.06. The number of hydrogen-bond donors (Lipinski definition) is 2. The first-order valence-corrected chi connectivity index (χ1v) is 17.5. The Bertz CT molecular complexity index is 1420. The molecule has 218 valence electrons. The summed E-state index contributed by atoms with van der Waals surface area (Å²) in [5, 5.41) is 5.98. The fourth-order valence-electron chi connectivity index (χ4n) is 3.54. The van der Waals surface area contributed by atoms with E-state index in [1.54, 1.807) is 24.3 Å². The quantitative estimate of drug-likeness (QED) is 0.239. The normalized spacial score (nSPS) is 12.8. The summed E-state index contributed by atoms with van der Waals surface area (Å²) in [5.41, 5.74) is 1.44. The molecule has 3 aromatic rings. The van der Waals surface area contributed by atoms with Crippen molar-refractivity contribution < 1.29 is 26.0 Å². The molecule has 0 spiro atoms. The molecule has 3 rings (SSSR count). The fraction of sp³-hybridized carbons (Fsp3) is 0.393. The number of nitrogens with zero attached hydrogens (tertiary/aromatic N) is 2. The van der Waals surface area contributed by atoms with Gasteiger partial charge in [-0.15, -0.1) is 0 Å². The molecule has 0 saturated heterocycles. The van der Waals surface area contributed by atoms with Crippen LogP contribution < -0.4 is 14.9 Å². The molecular weight excluding hydrogens is 557 g/mol. The lowest BCUT2D eigenvalue weighted by atomic mass is 10.1. The Morgan fingerprint density at radius 3 is 2.23 bits per heavy atom. The van der Waals surface area contributed by atoms with Gasteiger partial charge in [-0.2, -0.15) is 13.2 Å². The van der Waals surface area contributed by atoms with Gasteiger partial charge in [0.1, 0.15) is 5.82 Å². The minimum atomic E-state index is -4.64. The van der Waals surface area contributed by atoms with Crippen LogP contribution in [0.2, 0.25) is 18.1 Å². The third-order valence-corrected chi connectivity index (χ3v) is 12.8. The number of halogens is 3. The van der Waals surface area contributed by atoms with Crippen molar-refractivity contribution in [1.29, 1.82) is 0 Å². The van der Waals surface area contributed by atoms with E-state index in [1.807, 2.05) is 24.3 Å². The molecule has 7 nitrogen and oxygen atoms in total. The van der Waals surface area contributed by atoms with Crippen molar-refractivity contribution >= 4 is 41.2 Å². The monoisotopic (exact) mass is 594 g/mol. The zero-order valence-electron chi connectivity index (χ0n) is 23.8. The largest absolute Gasteiger partial charge is 0.419 e. The van der Waals surface area contributed by atoms with E-state index in [1.165, 1.54) is 13.1 Å². The van der Waals surface area contributed by atoms with Gasteiger partial charge in [0, 0.05) is 31.5 Å². The van der Waals surface area contributed by atoms with Crippen LogP contribution in [0.25, 0.3) is 0 Å². The highest BCUT2D eigenvalue weighted by Gasteiger charge is 2.37. The number of pyridine rings is 1. The molecule has 0 amide bonds. The summed E-state index contributed by atoms with van der Waals surface area (Å²) in [4.78, 5) is 3.97. The lowest BCUT2D eigenvalue weighted by Crippen LogP contribution is -2.40. The lowest BCUT2D eigenvalue weighted by Gasteiger charge is -2.36. The van der Waals surface area contributed by atoms with Gasteiger partial charge in [0.2, 0.25) is 10.0 Å². The molecule has 12 heteroatoms. The molecule has 1 heterocycles. The van der Waals surface area contributed by atoms with Crippen molar-refractivity contribution in [3.8, 4) is 0 Å². The number of alkyl halides is 3. The van der Waals surface area contributed by atoms with Gasteiger partial charge in [0.25, 0.3) is 0 Å². The second-order valence-corrected chi connectivity index (χ2v) is 18.0. The highest BCUT2D eigenvalue weighted by Crippen LogP contribution is 2.38. The van der Waals surface area contributed by atoms with Gasteiger partial charge in [0.05, 0.1) is 29.8 Å². The molecule has 0 saturated carbocycles. The van der Waals surface area contributed by atoms with Crippen LogP contribution in [-0.2, 0) is 33.8 Å². The van der Waals surface area contributed by atoms with E-state index in [0.717, 1.165) is 22.3 Å². The molecule has 1 aromatic heterocycles. The smallest absolute Gasteiger partial charge is 0.413 e. The van der Waals surface area contributed by atoms with E-state index in [0.29, 0.717) is 23.5 Å². The van der Waals surface area contributed by atoms with Gasteiger partial charge in [0.15, 0.2) is 8.32 Å². The van der Waals surface area contributed by atoms with E-state index < -0.39 is 30.1 Å². The molecule has 0 aliphatic heterocycles. The predicted octanol–water partition coefficient (Wildman–Crippen LogP) is 7.37. The van der Waals surface area contributed by atoms with Gasteiger partial charge in [-0.3, -0.25) is 4.31 Å². The molecule has 40 heavy (non-hydrogen) atoms. The summed E-state index contributed by atoms with van der Waals surface area (Å²) in [5.74, 6) is 0.224. The third-order valence-electron chi connectivity index (χ3n) is 7.14. The number of sulfonamides is 1. The maximum atomic E-state index is 13.8. The Labute approximate surface area is 236 Å². The van der Waals surface area contributed by atoms with Gasteiger partial charge >= 0.3 is 6.18 Å². The second-order valence-electron chi connectivity index (χ2n) is 11.2. The molecule has 0 radical (unpaired) electrons. The molecule has 0 atom stereocenters. The maximum absolute atomic E-state index is 13.8. The Kier molecular flexibility index (Phi) is 9.27. The predicted molar refractivity (Wildman–Crippen MR) is 158 cm³/mol. The van der Waals surface area contributed by atoms with Crippen LogP contribution in [0.4, 0.5) is 36.1 Å². The van der Waals surface area contributed by atoms with E-state index in [-0.39, 0.29) is 23.1 Å². The summed E-state index contributed by atoms with van der Waals surface area (Å²) in [6.07, 6.45) is -2.79. The highest BCUT2D eigenvalue weighted by molar-refractivity contribution is 7.92. The van der Waals surface area contributed by atoms with Crippen molar-refractivity contribution in [2.75, 3.05) is 28.2 Å². The molecule has 2 N–H and O–H groups in total. The molecule has 0 fully saturated rings. The van der Waals surface area contributed by atoms with Gasteiger partial charge in [-0.1, -0.05) is 51.1 Å². The first-order valence-electron chi connectivity index (χ1n) is 12.7. The Balaban J connectivity index is 1.79. The summed E-state index contributed by atoms with van der Waals surface area (Å²) < 4.78 is 72.7. The lowest BCUT2D eigenvalue weighted by molar-refractivity contribution is -0.137. The van der Waals surface area contributed by atoms with Crippen molar-refractivity contribution in [2.45, 2.75) is 58.2 Å². The minimum Gasteiger partial charge on any atom is -0.413 e. The van der Waals surface area contributed by atoms with Crippen LogP contribution in [0.1, 0.15) is 37.5 Å². The summed E-state index contributed by atoms with van der Waals surface area (Å²) in [6, 6.07) is 15.4. The Hall–Kier alpha value is -3.09. The maximum Gasteiger partial charge on any atom is 0.419 e. The second kappa shape index (κ2) is 11.8. The van der Waals surface area contributed by atoms with Crippen LogP contribution in [0.5, 0.6) is 0 Å². The van der Waals surface area contributed by atoms with E-state index in [4.69, 9.17) is 4.43 Å². The molecule has 0 unspecified atom stereocenters. The number of anilines is 4. The number of nitrogens with one attached hydrogen (secondary N) is 2. The fourth-order valence-corrected chi connectivity index (χ4v) is 5.04. The average molecular weight is 595 g/mol. The minimum absolute atomic E-state index is 0.0362. The highest BCUT2D eigenvalue weighted by atomic mass is 32.2. The molecule has 0 aliphatic carbocycles. The van der Waals surface area contributed by atoms with Crippen LogP contribution in [0.15, 0.2) is 60.8 Å². The standard InChI is InChI=1S/C28H37F3N4O3SSi/c1-27(2,3)40(6,7)38-19-20-12-14-22(15-13-20)34-26-16-24(23(18-33-26)28(29,30)31)32-17-21-10-8-9-11-25(21)35(4)39(5,36)37/h8-16,18H,17,19H2,1-7H3,(H2,32,33,34). The van der Waals surface area contributed by atoms with Crippen LogP contribution in [0, 0.1) is 0 Å². The van der Waals surface area contributed by atoms with Gasteiger partial charge < -0.3 is 15.1 Å². The van der Waals surface area contributed by atoms with Crippen molar-refractivity contribution in [3.63, 3.8) is 0 Å². The van der Waals surface area contributed by atoms with Crippen molar-refractivity contribution in [1.82, 2.24) is 4.98 Å². The SMILES string of the molecule is CN(c1ccccc1CNc1cc(Nc2ccc(CO[Si](C)(C)C(C)(C)C)cc2)ncc1C(F)(F)F)S(C)(=O)=O. The average Bonchev–Trinajstić information content (AvgIpc) is 2.85. The molecule has 2 aromatic carbocycles. The van der Waals surface area contributed by atoms with Crippen molar-refractivity contribution in [3.05, 3.63) is 77.5 Å². The summed E-state index contributed by atoms with van der Waals surface area (Å²) >= 11 is 0. The Morgan fingerprint density at radius 2 is 1.65 bits per heavy atom. The third kappa shape index (κ3) is 7.98. The first-order chi connectivity index (χ1) is 18.4. The zero-order chi connectivity index (χ0) is 29.9. The van der Waals surface area contributed by atoms with E-state index in [2.05, 4.69) is 49.5 Å². The van der Waals surface area contributed by atoms with Crippen molar-refractivity contribution in [2.24, 2.45) is 0 Å². The van der Waals surface area contributed by atoms with Crippen LogP contribution >= 0.6 is 0 Å². The number of hydrogen-bond acceptors (Lipinski definition) is 6. The molecule has 0 aliphatic rings. The van der Waals surface area contributed by atoms with Crippen LogP contribution in [-0.4, -0.2) is 35.0 Å². The number of benzene rings is 2.